The maximum Gasteiger partial charge on any atom is 0.243 e. The maximum absolute atomic E-state index is 13.1. The Morgan fingerprint density at radius 2 is 1.84 bits per heavy atom. The molecular weight excluding hydrogens is 298 g/mol. The molecule has 1 heterocycles. The summed E-state index contributed by atoms with van der Waals surface area (Å²) >= 11 is 0. The van der Waals surface area contributed by atoms with Gasteiger partial charge in [0.05, 0.1) is 4.90 Å². The van der Waals surface area contributed by atoms with Crippen molar-refractivity contribution < 1.29 is 17.2 Å². The van der Waals surface area contributed by atoms with Crippen molar-refractivity contribution in [2.24, 2.45) is 0 Å². The minimum Gasteiger partial charge on any atom is -0.314 e. The van der Waals surface area contributed by atoms with Gasteiger partial charge in [0.25, 0.3) is 0 Å². The Kier molecular flexibility index (Phi) is 5.26. The number of hydrogen-bond donors (Lipinski definition) is 1. The molecule has 1 fully saturated rings. The Labute approximate surface area is 117 Å². The molecule has 0 aliphatic carbocycles. The summed E-state index contributed by atoms with van der Waals surface area (Å²) in [5.74, 6) is -1.78. The fourth-order valence-electron chi connectivity index (χ4n) is 1.99. The molecule has 0 amide bonds. The fraction of sp³-hybridized carbons (Fsp3) is 0.455. The fourth-order valence-corrected chi connectivity index (χ4v) is 3.67. The van der Waals surface area contributed by atoms with Crippen LogP contribution in [0.25, 0.3) is 0 Å². The van der Waals surface area contributed by atoms with Gasteiger partial charge in [-0.15, -0.1) is 12.4 Å². The van der Waals surface area contributed by atoms with Crippen molar-refractivity contribution in [3.05, 3.63) is 29.8 Å². The summed E-state index contributed by atoms with van der Waals surface area (Å²) in [7, 11) is -3.84. The summed E-state index contributed by atoms with van der Waals surface area (Å²) in [5, 5.41) is 3.06. The minimum atomic E-state index is -3.84. The second-order valence-electron chi connectivity index (χ2n) is 4.27. The molecule has 1 unspecified atom stereocenters. The predicted octanol–water partition coefficient (Wildman–Crippen LogP) is 1.37. The van der Waals surface area contributed by atoms with Crippen molar-refractivity contribution in [2.45, 2.75) is 17.9 Å². The largest absolute Gasteiger partial charge is 0.314 e. The van der Waals surface area contributed by atoms with Gasteiger partial charge in [-0.1, -0.05) is 0 Å². The molecule has 1 atom stereocenters. The van der Waals surface area contributed by atoms with Crippen molar-refractivity contribution in [2.75, 3.05) is 19.6 Å². The van der Waals surface area contributed by atoms with Crippen LogP contribution < -0.4 is 5.32 Å². The molecule has 1 aliphatic rings. The first-order chi connectivity index (χ1) is 8.41. The van der Waals surface area contributed by atoms with E-state index in [0.29, 0.717) is 25.7 Å². The van der Waals surface area contributed by atoms with Crippen LogP contribution in [0.15, 0.2) is 23.1 Å². The number of piperazine rings is 1. The highest BCUT2D eigenvalue weighted by atomic mass is 35.5. The number of nitrogens with zero attached hydrogens (tertiary/aromatic N) is 1. The zero-order valence-electron chi connectivity index (χ0n) is 10.3. The monoisotopic (exact) mass is 312 g/mol. The second kappa shape index (κ2) is 6.13. The molecule has 1 aliphatic heterocycles. The third kappa shape index (κ3) is 3.42. The van der Waals surface area contributed by atoms with Crippen LogP contribution in [0.2, 0.25) is 0 Å². The van der Waals surface area contributed by atoms with Crippen LogP contribution in [0.4, 0.5) is 8.78 Å². The molecule has 1 aromatic carbocycles. The molecule has 1 saturated heterocycles. The third-order valence-electron chi connectivity index (χ3n) is 2.88. The first-order valence-corrected chi connectivity index (χ1v) is 7.04. The number of nitrogens with one attached hydrogen (secondary N) is 1. The van der Waals surface area contributed by atoms with Gasteiger partial charge in [0.15, 0.2) is 0 Å². The van der Waals surface area contributed by atoms with E-state index in [2.05, 4.69) is 5.32 Å². The number of benzene rings is 1. The molecule has 1 aromatic rings. The van der Waals surface area contributed by atoms with Gasteiger partial charge in [-0.3, -0.25) is 0 Å². The van der Waals surface area contributed by atoms with E-state index in [1.54, 1.807) is 6.92 Å². The van der Waals surface area contributed by atoms with E-state index in [0.717, 1.165) is 12.1 Å². The molecule has 0 radical (unpaired) electrons. The predicted molar refractivity (Wildman–Crippen MR) is 69.8 cm³/mol. The van der Waals surface area contributed by atoms with Crippen LogP contribution in [-0.4, -0.2) is 38.4 Å². The SMILES string of the molecule is CC1CNCCN1S(=O)(=O)c1cc(F)cc(F)c1.Cl. The first-order valence-electron chi connectivity index (χ1n) is 5.60. The summed E-state index contributed by atoms with van der Waals surface area (Å²) in [4.78, 5) is -0.339. The van der Waals surface area contributed by atoms with E-state index in [-0.39, 0.29) is 23.3 Å². The van der Waals surface area contributed by atoms with Crippen LogP contribution in [0.1, 0.15) is 6.92 Å². The van der Waals surface area contributed by atoms with Gasteiger partial charge in [-0.2, -0.15) is 4.31 Å². The van der Waals surface area contributed by atoms with Crippen LogP contribution in [0, 0.1) is 11.6 Å². The summed E-state index contributed by atoms with van der Waals surface area (Å²) in [6.07, 6.45) is 0. The third-order valence-corrected chi connectivity index (χ3v) is 4.87. The minimum absolute atomic E-state index is 0. The van der Waals surface area contributed by atoms with Crippen LogP contribution in [-0.2, 0) is 10.0 Å². The van der Waals surface area contributed by atoms with Gasteiger partial charge in [0, 0.05) is 31.7 Å². The van der Waals surface area contributed by atoms with E-state index >= 15 is 0 Å². The number of hydrogen-bond acceptors (Lipinski definition) is 3. The summed E-state index contributed by atoms with van der Waals surface area (Å²) in [6.45, 7) is 3.10. The Balaban J connectivity index is 0.00000180. The van der Waals surface area contributed by atoms with E-state index in [9.17, 15) is 17.2 Å². The zero-order valence-corrected chi connectivity index (χ0v) is 11.9. The highest BCUT2D eigenvalue weighted by molar-refractivity contribution is 7.89. The van der Waals surface area contributed by atoms with Crippen LogP contribution >= 0.6 is 12.4 Å². The smallest absolute Gasteiger partial charge is 0.243 e. The number of rotatable bonds is 2. The van der Waals surface area contributed by atoms with Gasteiger partial charge in [-0.25, -0.2) is 17.2 Å². The molecule has 0 bridgehead atoms. The Morgan fingerprint density at radius 3 is 2.37 bits per heavy atom. The van der Waals surface area contributed by atoms with Crippen molar-refractivity contribution in [1.29, 1.82) is 0 Å². The van der Waals surface area contributed by atoms with Crippen molar-refractivity contribution >= 4 is 22.4 Å². The average molecular weight is 313 g/mol. The quantitative estimate of drug-likeness (QED) is 0.897. The van der Waals surface area contributed by atoms with E-state index in [4.69, 9.17) is 0 Å². The van der Waals surface area contributed by atoms with Crippen molar-refractivity contribution in [1.82, 2.24) is 9.62 Å². The molecule has 19 heavy (non-hydrogen) atoms. The Morgan fingerprint density at radius 1 is 1.26 bits per heavy atom. The van der Waals surface area contributed by atoms with E-state index in [1.165, 1.54) is 4.31 Å². The van der Waals surface area contributed by atoms with Crippen molar-refractivity contribution in [3.63, 3.8) is 0 Å². The lowest BCUT2D eigenvalue weighted by atomic mass is 10.3. The Hall–Kier alpha value is -0.760. The molecule has 2 rings (SSSR count). The van der Waals surface area contributed by atoms with Gasteiger partial charge < -0.3 is 5.32 Å². The van der Waals surface area contributed by atoms with Crippen LogP contribution in [0.5, 0.6) is 0 Å². The summed E-state index contributed by atoms with van der Waals surface area (Å²) in [5.41, 5.74) is 0. The molecule has 0 aromatic heterocycles. The summed E-state index contributed by atoms with van der Waals surface area (Å²) in [6, 6.07) is 2.09. The average Bonchev–Trinajstić information content (AvgIpc) is 2.28. The number of sulfonamides is 1. The molecule has 4 nitrogen and oxygen atoms in total. The standard InChI is InChI=1S/C11H14F2N2O2S.ClH/c1-8-7-14-2-3-15(8)18(16,17)11-5-9(12)4-10(13)6-11;/h4-6,8,14H,2-3,7H2,1H3;1H. The molecule has 108 valence electrons. The molecular formula is C11H15ClF2N2O2S. The molecule has 8 heteroatoms. The highest BCUT2D eigenvalue weighted by Crippen LogP contribution is 2.21. The van der Waals surface area contributed by atoms with Crippen molar-refractivity contribution in [3.8, 4) is 0 Å². The molecule has 1 N–H and O–H groups in total. The van der Waals surface area contributed by atoms with E-state index < -0.39 is 21.7 Å². The number of halogens is 3. The topological polar surface area (TPSA) is 49.4 Å². The van der Waals surface area contributed by atoms with E-state index in [1.807, 2.05) is 0 Å². The zero-order chi connectivity index (χ0) is 13.3. The lowest BCUT2D eigenvalue weighted by Crippen LogP contribution is -2.52. The lowest BCUT2D eigenvalue weighted by molar-refractivity contribution is 0.283. The summed E-state index contributed by atoms with van der Waals surface area (Å²) < 4.78 is 52.0. The first kappa shape index (κ1) is 16.3. The normalized spacial score (nSPS) is 20.9. The van der Waals surface area contributed by atoms with Gasteiger partial charge in [0.2, 0.25) is 10.0 Å². The molecule has 0 spiro atoms. The van der Waals surface area contributed by atoms with Crippen LogP contribution in [0.3, 0.4) is 0 Å². The lowest BCUT2D eigenvalue weighted by Gasteiger charge is -2.32. The second-order valence-corrected chi connectivity index (χ2v) is 6.16. The highest BCUT2D eigenvalue weighted by Gasteiger charge is 2.31. The Bertz CT molecular complexity index is 533. The van der Waals surface area contributed by atoms with Gasteiger partial charge >= 0.3 is 0 Å². The maximum atomic E-state index is 13.1. The van der Waals surface area contributed by atoms with Gasteiger partial charge in [0.1, 0.15) is 11.6 Å². The van der Waals surface area contributed by atoms with Gasteiger partial charge in [-0.05, 0) is 19.1 Å². The molecule has 0 saturated carbocycles.